The van der Waals surface area contributed by atoms with E-state index >= 15 is 0 Å². The number of carbonyl (C=O) groups is 1. The monoisotopic (exact) mass is 508 g/mol. The standard InChI is InChI=1S/C18H19BrCl2N2O4S/c1-27-9-8-22-18(24)12-23(11-13-2-7-16(20)17(21)10-13)28(25,26)15-5-3-14(19)4-6-15/h2-7,10H,8-9,11-12H2,1H3,(H,22,24). The van der Waals surface area contributed by atoms with Crippen LogP contribution in [0.2, 0.25) is 10.0 Å². The first-order valence-electron chi connectivity index (χ1n) is 8.19. The molecule has 0 saturated heterocycles. The molecule has 0 heterocycles. The molecule has 2 aromatic rings. The predicted molar refractivity (Wildman–Crippen MR) is 113 cm³/mol. The highest BCUT2D eigenvalue weighted by Gasteiger charge is 2.27. The van der Waals surface area contributed by atoms with Gasteiger partial charge in [-0.05, 0) is 42.0 Å². The van der Waals surface area contributed by atoms with E-state index in [2.05, 4.69) is 21.2 Å². The molecule has 0 radical (unpaired) electrons. The zero-order chi connectivity index (χ0) is 20.7. The molecule has 0 saturated carbocycles. The van der Waals surface area contributed by atoms with Crippen molar-refractivity contribution in [1.82, 2.24) is 9.62 Å². The molecule has 0 aromatic heterocycles. The Balaban J connectivity index is 2.30. The SMILES string of the molecule is COCCNC(=O)CN(Cc1ccc(Cl)c(Cl)c1)S(=O)(=O)c1ccc(Br)cc1. The molecule has 152 valence electrons. The number of hydrogen-bond acceptors (Lipinski definition) is 4. The van der Waals surface area contributed by atoms with Gasteiger partial charge in [0, 0.05) is 24.7 Å². The highest BCUT2D eigenvalue weighted by atomic mass is 79.9. The fourth-order valence-electron chi connectivity index (χ4n) is 2.33. The maximum atomic E-state index is 13.1. The average molecular weight is 510 g/mol. The Bertz CT molecular complexity index is 924. The molecule has 0 spiro atoms. The number of sulfonamides is 1. The van der Waals surface area contributed by atoms with Gasteiger partial charge in [0.15, 0.2) is 0 Å². The molecule has 2 aromatic carbocycles. The number of halogens is 3. The number of nitrogens with one attached hydrogen (secondary N) is 1. The molecule has 0 bridgehead atoms. The summed E-state index contributed by atoms with van der Waals surface area (Å²) in [4.78, 5) is 12.3. The van der Waals surface area contributed by atoms with Gasteiger partial charge in [-0.25, -0.2) is 8.42 Å². The number of methoxy groups -OCH3 is 1. The highest BCUT2D eigenvalue weighted by Crippen LogP contribution is 2.25. The molecular formula is C18H19BrCl2N2O4S. The topological polar surface area (TPSA) is 75.7 Å². The number of carbonyl (C=O) groups excluding carboxylic acids is 1. The molecule has 28 heavy (non-hydrogen) atoms. The molecule has 0 aliphatic heterocycles. The Morgan fingerprint density at radius 3 is 2.43 bits per heavy atom. The number of hydrogen-bond donors (Lipinski definition) is 1. The molecule has 1 amide bonds. The maximum Gasteiger partial charge on any atom is 0.243 e. The summed E-state index contributed by atoms with van der Waals surface area (Å²) in [6, 6.07) is 11.0. The first-order valence-corrected chi connectivity index (χ1v) is 11.2. The van der Waals surface area contributed by atoms with E-state index in [1.54, 1.807) is 30.3 Å². The van der Waals surface area contributed by atoms with Gasteiger partial charge in [-0.3, -0.25) is 4.79 Å². The highest BCUT2D eigenvalue weighted by molar-refractivity contribution is 9.10. The molecule has 1 N–H and O–H groups in total. The van der Waals surface area contributed by atoms with E-state index in [0.717, 1.165) is 8.78 Å². The summed E-state index contributed by atoms with van der Waals surface area (Å²) in [6.07, 6.45) is 0. The van der Waals surface area contributed by atoms with Crippen molar-refractivity contribution in [2.75, 3.05) is 26.8 Å². The molecule has 10 heteroatoms. The van der Waals surface area contributed by atoms with Crippen molar-refractivity contribution in [2.24, 2.45) is 0 Å². The van der Waals surface area contributed by atoms with Crippen LogP contribution in [0.1, 0.15) is 5.56 Å². The lowest BCUT2D eigenvalue weighted by molar-refractivity contribution is -0.121. The molecule has 0 aliphatic rings. The molecule has 0 aliphatic carbocycles. The van der Waals surface area contributed by atoms with Crippen molar-refractivity contribution in [3.8, 4) is 0 Å². The predicted octanol–water partition coefficient (Wildman–Crippen LogP) is 3.71. The Labute approximate surface area is 182 Å². The van der Waals surface area contributed by atoms with Gasteiger partial charge >= 0.3 is 0 Å². The minimum absolute atomic E-state index is 0.0347. The molecule has 2 rings (SSSR count). The minimum atomic E-state index is -3.92. The minimum Gasteiger partial charge on any atom is -0.383 e. The number of amides is 1. The van der Waals surface area contributed by atoms with Crippen molar-refractivity contribution in [2.45, 2.75) is 11.4 Å². The van der Waals surface area contributed by atoms with E-state index in [1.807, 2.05) is 0 Å². The summed E-state index contributed by atoms with van der Waals surface area (Å²) in [7, 11) is -2.41. The van der Waals surface area contributed by atoms with Crippen molar-refractivity contribution in [1.29, 1.82) is 0 Å². The van der Waals surface area contributed by atoms with Crippen molar-refractivity contribution >= 4 is 55.1 Å². The second-order valence-electron chi connectivity index (χ2n) is 5.82. The summed E-state index contributed by atoms with van der Waals surface area (Å²) in [6.45, 7) is 0.238. The van der Waals surface area contributed by atoms with Crippen molar-refractivity contribution in [3.63, 3.8) is 0 Å². The summed E-state index contributed by atoms with van der Waals surface area (Å²) in [5, 5.41) is 3.30. The van der Waals surface area contributed by atoms with Crippen molar-refractivity contribution < 1.29 is 17.9 Å². The van der Waals surface area contributed by atoms with Gasteiger partial charge in [0.2, 0.25) is 15.9 Å². The summed E-state index contributed by atoms with van der Waals surface area (Å²) in [5.41, 5.74) is 0.611. The number of nitrogens with zero attached hydrogens (tertiary/aromatic N) is 1. The lowest BCUT2D eigenvalue weighted by Gasteiger charge is -2.22. The lowest BCUT2D eigenvalue weighted by Crippen LogP contribution is -2.41. The van der Waals surface area contributed by atoms with Crippen LogP contribution in [-0.2, 0) is 26.1 Å². The van der Waals surface area contributed by atoms with Gasteiger partial charge in [0.1, 0.15) is 0 Å². The fourth-order valence-corrected chi connectivity index (χ4v) is 4.30. The first kappa shape index (κ1) is 23.1. The van der Waals surface area contributed by atoms with Crippen LogP contribution in [0.25, 0.3) is 0 Å². The van der Waals surface area contributed by atoms with Crippen LogP contribution in [0.3, 0.4) is 0 Å². The quantitative estimate of drug-likeness (QED) is 0.523. The van der Waals surface area contributed by atoms with Gasteiger partial charge in [0.05, 0.1) is 28.1 Å². The third kappa shape index (κ3) is 6.43. The molecule has 0 unspecified atom stereocenters. The van der Waals surface area contributed by atoms with Crippen LogP contribution in [0.5, 0.6) is 0 Å². The van der Waals surface area contributed by atoms with Crippen LogP contribution in [0.15, 0.2) is 51.8 Å². The van der Waals surface area contributed by atoms with Gasteiger partial charge in [-0.15, -0.1) is 0 Å². The Hall–Kier alpha value is -1.16. The normalized spacial score (nSPS) is 11.6. The van der Waals surface area contributed by atoms with E-state index in [0.29, 0.717) is 22.2 Å². The Morgan fingerprint density at radius 2 is 1.82 bits per heavy atom. The second-order valence-corrected chi connectivity index (χ2v) is 9.49. The zero-order valence-electron chi connectivity index (χ0n) is 15.0. The number of rotatable bonds is 9. The molecule has 0 atom stereocenters. The van der Waals surface area contributed by atoms with Gasteiger partial charge in [0.25, 0.3) is 0 Å². The second kappa shape index (κ2) is 10.6. The number of benzene rings is 2. The van der Waals surface area contributed by atoms with E-state index in [-0.39, 0.29) is 24.5 Å². The third-order valence-corrected chi connectivity index (χ3v) is 6.82. The van der Waals surface area contributed by atoms with E-state index in [1.165, 1.54) is 19.2 Å². The lowest BCUT2D eigenvalue weighted by atomic mass is 10.2. The summed E-state index contributed by atoms with van der Waals surface area (Å²) >= 11 is 15.2. The van der Waals surface area contributed by atoms with Crippen molar-refractivity contribution in [3.05, 3.63) is 62.5 Å². The van der Waals surface area contributed by atoms with Gasteiger partial charge in [-0.2, -0.15) is 4.31 Å². The van der Waals surface area contributed by atoms with Crippen LogP contribution < -0.4 is 5.32 Å². The van der Waals surface area contributed by atoms with E-state index in [9.17, 15) is 13.2 Å². The molecule has 6 nitrogen and oxygen atoms in total. The summed E-state index contributed by atoms with van der Waals surface area (Å²) in [5.74, 6) is -0.433. The zero-order valence-corrected chi connectivity index (χ0v) is 18.9. The Kier molecular flexibility index (Phi) is 8.73. The Morgan fingerprint density at radius 1 is 1.14 bits per heavy atom. The van der Waals surface area contributed by atoms with Gasteiger partial charge in [-0.1, -0.05) is 45.2 Å². The largest absolute Gasteiger partial charge is 0.383 e. The first-order chi connectivity index (χ1) is 13.2. The van der Waals surface area contributed by atoms with Crippen LogP contribution >= 0.6 is 39.1 Å². The van der Waals surface area contributed by atoms with Gasteiger partial charge < -0.3 is 10.1 Å². The van der Waals surface area contributed by atoms with Crippen LogP contribution in [0, 0.1) is 0 Å². The van der Waals surface area contributed by atoms with Crippen LogP contribution in [-0.4, -0.2) is 45.4 Å². The van der Waals surface area contributed by atoms with E-state index < -0.39 is 15.9 Å². The fraction of sp³-hybridized carbons (Fsp3) is 0.278. The van der Waals surface area contributed by atoms with Crippen LogP contribution in [0.4, 0.5) is 0 Å². The van der Waals surface area contributed by atoms with E-state index in [4.69, 9.17) is 27.9 Å². The average Bonchev–Trinajstić information content (AvgIpc) is 2.64. The third-order valence-electron chi connectivity index (χ3n) is 3.74. The molecule has 0 fully saturated rings. The number of ether oxygens (including phenoxy) is 1. The molecular weight excluding hydrogens is 491 g/mol. The summed E-state index contributed by atoms with van der Waals surface area (Å²) < 4.78 is 33.0. The maximum absolute atomic E-state index is 13.1. The smallest absolute Gasteiger partial charge is 0.243 e.